The quantitative estimate of drug-likeness (QED) is 0.887. The highest BCUT2D eigenvalue weighted by Gasteiger charge is 2.19. The number of aromatic carboxylic acids is 1. The van der Waals surface area contributed by atoms with Gasteiger partial charge in [-0.15, -0.1) is 0 Å². The molecule has 2 heterocycles. The highest BCUT2D eigenvalue weighted by atomic mass is 16.4. The Hall–Kier alpha value is -2.14. The van der Waals surface area contributed by atoms with E-state index in [1.165, 1.54) is 11.3 Å². The number of benzene rings is 1. The van der Waals surface area contributed by atoms with Gasteiger partial charge in [-0.25, -0.2) is 9.48 Å². The van der Waals surface area contributed by atoms with Crippen molar-refractivity contribution in [2.24, 2.45) is 0 Å². The van der Waals surface area contributed by atoms with Gasteiger partial charge >= 0.3 is 5.97 Å². The number of hydrogen-bond acceptors (Lipinski definition) is 3. The van der Waals surface area contributed by atoms with Crippen LogP contribution in [0.3, 0.4) is 0 Å². The number of fused-ring (bicyclic) bond motifs is 1. The maximum Gasteiger partial charge on any atom is 0.335 e. The molecule has 0 atom stereocenters. The Kier molecular flexibility index (Phi) is 2.83. The van der Waals surface area contributed by atoms with Crippen LogP contribution >= 0.6 is 0 Å². The minimum Gasteiger partial charge on any atom is -0.478 e. The predicted octanol–water partition coefficient (Wildman–Crippen LogP) is 1.56. The van der Waals surface area contributed by atoms with E-state index in [1.54, 1.807) is 18.2 Å². The fourth-order valence-electron chi connectivity index (χ4n) is 2.47. The van der Waals surface area contributed by atoms with Crippen molar-refractivity contribution in [2.75, 3.05) is 13.6 Å². The molecule has 1 aliphatic rings. The van der Waals surface area contributed by atoms with Crippen LogP contribution in [0.4, 0.5) is 0 Å². The van der Waals surface area contributed by atoms with Gasteiger partial charge in [0.15, 0.2) is 0 Å². The molecule has 0 fully saturated rings. The Balaban J connectivity index is 2.03. The first kappa shape index (κ1) is 11.9. The van der Waals surface area contributed by atoms with Gasteiger partial charge in [-0.1, -0.05) is 6.07 Å². The minimum atomic E-state index is -0.914. The van der Waals surface area contributed by atoms with E-state index in [0.29, 0.717) is 0 Å². The van der Waals surface area contributed by atoms with Crippen LogP contribution in [0, 0.1) is 0 Å². The van der Waals surface area contributed by atoms with E-state index in [9.17, 15) is 4.79 Å². The zero-order valence-corrected chi connectivity index (χ0v) is 10.7. The summed E-state index contributed by atoms with van der Waals surface area (Å²) in [6.07, 6.45) is 2.81. The van der Waals surface area contributed by atoms with E-state index in [1.807, 2.05) is 16.9 Å². The van der Waals surface area contributed by atoms with Gasteiger partial charge in [0, 0.05) is 30.8 Å². The molecule has 98 valence electrons. The lowest BCUT2D eigenvalue weighted by Gasteiger charge is -2.23. The number of carboxylic acid groups (broad SMARTS) is 1. The number of carbonyl (C=O) groups is 1. The number of likely N-dealkylation sites (N-methyl/N-ethyl adjacent to an activating group) is 1. The second-order valence-electron chi connectivity index (χ2n) is 4.87. The minimum absolute atomic E-state index is 0.287. The van der Waals surface area contributed by atoms with Gasteiger partial charge < -0.3 is 10.0 Å². The molecule has 5 heteroatoms. The van der Waals surface area contributed by atoms with Crippen LogP contribution in [0.5, 0.6) is 0 Å². The van der Waals surface area contributed by atoms with Crippen molar-refractivity contribution < 1.29 is 9.90 Å². The fraction of sp³-hybridized carbons (Fsp3) is 0.286. The zero-order chi connectivity index (χ0) is 13.4. The number of aromatic nitrogens is 2. The molecule has 1 N–H and O–H groups in total. The topological polar surface area (TPSA) is 58.4 Å². The van der Waals surface area contributed by atoms with Crippen molar-refractivity contribution >= 4 is 5.97 Å². The molecule has 0 aliphatic carbocycles. The summed E-state index contributed by atoms with van der Waals surface area (Å²) in [6.45, 7) is 1.89. The molecule has 0 amide bonds. The molecule has 3 rings (SSSR count). The average Bonchev–Trinajstić information content (AvgIpc) is 2.81. The molecule has 0 saturated carbocycles. The molecule has 2 aromatic rings. The summed E-state index contributed by atoms with van der Waals surface area (Å²) in [6, 6.07) is 6.89. The van der Waals surface area contributed by atoms with Crippen LogP contribution in [0.25, 0.3) is 5.69 Å². The van der Waals surface area contributed by atoms with Crippen molar-refractivity contribution in [2.45, 2.75) is 13.0 Å². The Labute approximate surface area is 111 Å². The third-order valence-electron chi connectivity index (χ3n) is 3.46. The number of rotatable bonds is 2. The lowest BCUT2D eigenvalue weighted by Crippen LogP contribution is -2.27. The molecule has 0 radical (unpaired) electrons. The van der Waals surface area contributed by atoms with Crippen molar-refractivity contribution in [3.63, 3.8) is 0 Å². The van der Waals surface area contributed by atoms with E-state index in [4.69, 9.17) is 5.11 Å². The Morgan fingerprint density at radius 2 is 2.26 bits per heavy atom. The van der Waals surface area contributed by atoms with Crippen LogP contribution in [0.1, 0.15) is 21.6 Å². The average molecular weight is 257 g/mol. The first-order valence-electron chi connectivity index (χ1n) is 6.23. The summed E-state index contributed by atoms with van der Waals surface area (Å²) in [4.78, 5) is 13.3. The van der Waals surface area contributed by atoms with E-state index in [0.717, 1.165) is 25.2 Å². The number of hydrogen-bond donors (Lipinski definition) is 1. The van der Waals surface area contributed by atoms with E-state index in [-0.39, 0.29) is 5.56 Å². The zero-order valence-electron chi connectivity index (χ0n) is 10.7. The monoisotopic (exact) mass is 257 g/mol. The first-order valence-corrected chi connectivity index (χ1v) is 6.23. The Morgan fingerprint density at radius 3 is 3.05 bits per heavy atom. The van der Waals surface area contributed by atoms with Gasteiger partial charge in [-0.05, 0) is 25.2 Å². The van der Waals surface area contributed by atoms with Crippen LogP contribution in [0.15, 0.2) is 30.5 Å². The van der Waals surface area contributed by atoms with E-state index in [2.05, 4.69) is 17.0 Å². The fourth-order valence-corrected chi connectivity index (χ4v) is 2.47. The lowest BCUT2D eigenvalue weighted by molar-refractivity contribution is 0.0697. The highest BCUT2D eigenvalue weighted by molar-refractivity contribution is 5.88. The molecule has 0 saturated heterocycles. The summed E-state index contributed by atoms with van der Waals surface area (Å²) >= 11 is 0. The highest BCUT2D eigenvalue weighted by Crippen LogP contribution is 2.21. The van der Waals surface area contributed by atoms with Crippen molar-refractivity contribution in [1.82, 2.24) is 14.7 Å². The normalized spacial score (nSPS) is 15.2. The van der Waals surface area contributed by atoms with Gasteiger partial charge in [-0.2, -0.15) is 5.10 Å². The molecule has 5 nitrogen and oxygen atoms in total. The maximum absolute atomic E-state index is 11.0. The predicted molar refractivity (Wildman–Crippen MR) is 70.6 cm³/mol. The maximum atomic E-state index is 11.0. The first-order chi connectivity index (χ1) is 9.15. The van der Waals surface area contributed by atoms with Gasteiger partial charge in [0.1, 0.15) is 0 Å². The van der Waals surface area contributed by atoms with Crippen molar-refractivity contribution in [1.29, 1.82) is 0 Å². The van der Waals surface area contributed by atoms with Gasteiger partial charge in [0.05, 0.1) is 17.4 Å². The van der Waals surface area contributed by atoms with Crippen molar-refractivity contribution in [3.8, 4) is 5.69 Å². The molecule has 0 unspecified atom stereocenters. The molecule has 0 bridgehead atoms. The largest absolute Gasteiger partial charge is 0.478 e. The summed E-state index contributed by atoms with van der Waals surface area (Å²) < 4.78 is 1.86. The smallest absolute Gasteiger partial charge is 0.335 e. The third-order valence-corrected chi connectivity index (χ3v) is 3.46. The molecular weight excluding hydrogens is 242 g/mol. The van der Waals surface area contributed by atoms with Crippen LogP contribution < -0.4 is 0 Å². The standard InChI is InChI=1S/C14H15N3O2/c1-16-6-5-13-11(9-16)8-15-17(13)12-4-2-3-10(7-12)14(18)19/h2-4,7-8H,5-6,9H2,1H3,(H,18,19). The molecule has 1 aromatic carbocycles. The second-order valence-corrected chi connectivity index (χ2v) is 4.87. The molecule has 1 aromatic heterocycles. The summed E-state index contributed by atoms with van der Waals surface area (Å²) in [5.74, 6) is -0.914. The lowest BCUT2D eigenvalue weighted by atomic mass is 10.1. The Bertz CT molecular complexity index is 633. The summed E-state index contributed by atoms with van der Waals surface area (Å²) in [5.41, 5.74) is 3.50. The molecular formula is C14H15N3O2. The van der Waals surface area contributed by atoms with E-state index < -0.39 is 5.97 Å². The Morgan fingerprint density at radius 1 is 1.42 bits per heavy atom. The SMILES string of the molecule is CN1CCc2c(cnn2-c2cccc(C(=O)O)c2)C1. The van der Waals surface area contributed by atoms with Crippen LogP contribution in [0.2, 0.25) is 0 Å². The number of nitrogens with zero attached hydrogens (tertiary/aromatic N) is 3. The van der Waals surface area contributed by atoms with E-state index >= 15 is 0 Å². The van der Waals surface area contributed by atoms with Crippen molar-refractivity contribution in [3.05, 3.63) is 47.3 Å². The third kappa shape index (κ3) is 2.13. The van der Waals surface area contributed by atoms with Gasteiger partial charge in [0.25, 0.3) is 0 Å². The summed E-state index contributed by atoms with van der Waals surface area (Å²) in [7, 11) is 2.09. The second kappa shape index (κ2) is 4.51. The van der Waals surface area contributed by atoms with Crippen LogP contribution in [-0.4, -0.2) is 39.3 Å². The molecule has 19 heavy (non-hydrogen) atoms. The van der Waals surface area contributed by atoms with Crippen LogP contribution in [-0.2, 0) is 13.0 Å². The molecule has 0 spiro atoms. The molecule has 1 aliphatic heterocycles. The summed E-state index contributed by atoms with van der Waals surface area (Å²) in [5, 5.41) is 13.4. The van der Waals surface area contributed by atoms with Gasteiger partial charge in [0.2, 0.25) is 0 Å². The van der Waals surface area contributed by atoms with Gasteiger partial charge in [-0.3, -0.25) is 0 Å². The number of carboxylic acids is 1.